The zero-order chi connectivity index (χ0) is 17.5. The lowest BCUT2D eigenvalue weighted by Gasteiger charge is -2.36. The predicted molar refractivity (Wildman–Crippen MR) is 101 cm³/mol. The van der Waals surface area contributed by atoms with Crippen LogP contribution in [0, 0.1) is 27.7 Å². The fourth-order valence-corrected chi connectivity index (χ4v) is 6.36. The van der Waals surface area contributed by atoms with Crippen LogP contribution in [0.15, 0.2) is 28.5 Å². The van der Waals surface area contributed by atoms with Crippen LogP contribution in [0.5, 0.6) is 0 Å². The molecule has 0 unspecified atom stereocenters. The second kappa shape index (κ2) is 6.50. The van der Waals surface area contributed by atoms with Crippen LogP contribution in [0.1, 0.15) is 21.6 Å². The summed E-state index contributed by atoms with van der Waals surface area (Å²) in [6.07, 6.45) is 0. The summed E-state index contributed by atoms with van der Waals surface area (Å²) in [7, 11) is -3.35. The number of piperazine rings is 1. The fraction of sp³-hybridized carbons (Fsp3) is 0.444. The molecule has 2 heterocycles. The first-order chi connectivity index (χ1) is 11.3. The van der Waals surface area contributed by atoms with Gasteiger partial charge in [0, 0.05) is 36.7 Å². The Morgan fingerprint density at radius 3 is 2.00 bits per heavy atom. The summed E-state index contributed by atoms with van der Waals surface area (Å²) in [5, 5.41) is 0. The Morgan fingerprint density at radius 2 is 1.50 bits per heavy atom. The van der Waals surface area contributed by atoms with E-state index in [4.69, 9.17) is 0 Å². The van der Waals surface area contributed by atoms with E-state index in [1.165, 1.54) is 33.7 Å². The minimum atomic E-state index is -3.35. The summed E-state index contributed by atoms with van der Waals surface area (Å²) in [6, 6.07) is 7.97. The topological polar surface area (TPSA) is 40.6 Å². The van der Waals surface area contributed by atoms with Crippen LogP contribution in [0.4, 0.5) is 5.69 Å². The molecule has 24 heavy (non-hydrogen) atoms. The van der Waals surface area contributed by atoms with E-state index in [0.29, 0.717) is 17.3 Å². The Kier molecular flexibility index (Phi) is 4.73. The molecular formula is C18H24N2O2S2. The highest BCUT2D eigenvalue weighted by atomic mass is 32.2. The lowest BCUT2D eigenvalue weighted by Crippen LogP contribution is -2.48. The molecule has 1 aliphatic heterocycles. The third-order valence-corrected chi connectivity index (χ3v) is 7.87. The van der Waals surface area contributed by atoms with Crippen molar-refractivity contribution in [2.45, 2.75) is 31.9 Å². The lowest BCUT2D eigenvalue weighted by atomic mass is 10.0. The van der Waals surface area contributed by atoms with Crippen molar-refractivity contribution in [2.24, 2.45) is 0 Å². The maximum Gasteiger partial charge on any atom is 0.252 e. The number of hydrogen-bond acceptors (Lipinski definition) is 4. The van der Waals surface area contributed by atoms with Crippen molar-refractivity contribution in [3.05, 3.63) is 45.8 Å². The van der Waals surface area contributed by atoms with Gasteiger partial charge in [-0.1, -0.05) is 17.7 Å². The monoisotopic (exact) mass is 364 g/mol. The fourth-order valence-electron chi connectivity index (χ4n) is 3.50. The van der Waals surface area contributed by atoms with Gasteiger partial charge in [0.15, 0.2) is 0 Å². The highest BCUT2D eigenvalue weighted by molar-refractivity contribution is 7.91. The highest BCUT2D eigenvalue weighted by Gasteiger charge is 2.30. The van der Waals surface area contributed by atoms with Crippen LogP contribution in [-0.2, 0) is 10.0 Å². The second-order valence-electron chi connectivity index (χ2n) is 6.50. The molecule has 0 atom stereocenters. The van der Waals surface area contributed by atoms with Crippen LogP contribution < -0.4 is 4.90 Å². The zero-order valence-corrected chi connectivity index (χ0v) is 16.3. The lowest BCUT2D eigenvalue weighted by molar-refractivity contribution is 0.385. The molecule has 0 spiro atoms. The molecule has 1 fully saturated rings. The van der Waals surface area contributed by atoms with Gasteiger partial charge in [-0.05, 0) is 51.0 Å². The Morgan fingerprint density at radius 1 is 0.917 bits per heavy atom. The molecule has 2 aromatic rings. The minimum Gasteiger partial charge on any atom is -0.368 e. The molecule has 0 bridgehead atoms. The van der Waals surface area contributed by atoms with Crippen LogP contribution in [-0.4, -0.2) is 38.9 Å². The molecule has 0 amide bonds. The van der Waals surface area contributed by atoms with E-state index < -0.39 is 10.0 Å². The molecule has 1 aromatic carbocycles. The number of anilines is 1. The number of nitrogens with zero attached hydrogens (tertiary/aromatic N) is 2. The van der Waals surface area contributed by atoms with Gasteiger partial charge in [-0.3, -0.25) is 0 Å². The average molecular weight is 365 g/mol. The van der Waals surface area contributed by atoms with Gasteiger partial charge in [-0.15, -0.1) is 11.3 Å². The molecular weight excluding hydrogens is 340 g/mol. The first-order valence-electron chi connectivity index (χ1n) is 8.18. The van der Waals surface area contributed by atoms with Gasteiger partial charge in [0.05, 0.1) is 0 Å². The third-order valence-electron chi connectivity index (χ3n) is 4.50. The first kappa shape index (κ1) is 17.5. The van der Waals surface area contributed by atoms with E-state index in [-0.39, 0.29) is 0 Å². The smallest absolute Gasteiger partial charge is 0.252 e. The van der Waals surface area contributed by atoms with Crippen LogP contribution >= 0.6 is 11.3 Å². The summed E-state index contributed by atoms with van der Waals surface area (Å²) in [5.41, 5.74) is 5.04. The molecule has 0 aliphatic carbocycles. The molecule has 0 saturated carbocycles. The van der Waals surface area contributed by atoms with Gasteiger partial charge < -0.3 is 4.90 Å². The summed E-state index contributed by atoms with van der Waals surface area (Å²) in [6.45, 7) is 10.8. The Bertz CT molecular complexity index is 825. The molecule has 130 valence electrons. The standard InChI is InChI=1S/C18H24N2O2S2/c1-13-11-14(2)18(15(3)12-13)19-7-9-20(10-8-19)24(21,22)17-6-5-16(4)23-17/h5-6,11-12H,7-10H2,1-4H3. The van der Waals surface area contributed by atoms with Gasteiger partial charge >= 0.3 is 0 Å². The van der Waals surface area contributed by atoms with Crippen molar-refractivity contribution in [1.82, 2.24) is 4.31 Å². The van der Waals surface area contributed by atoms with Gasteiger partial charge in [0.2, 0.25) is 0 Å². The summed E-state index contributed by atoms with van der Waals surface area (Å²) in [5.74, 6) is 0. The number of rotatable bonds is 3. The van der Waals surface area contributed by atoms with Gasteiger partial charge in [-0.25, -0.2) is 8.42 Å². The van der Waals surface area contributed by atoms with E-state index in [1.807, 2.05) is 13.0 Å². The maximum absolute atomic E-state index is 12.7. The summed E-state index contributed by atoms with van der Waals surface area (Å²) in [4.78, 5) is 3.34. The van der Waals surface area contributed by atoms with E-state index in [2.05, 4.69) is 37.8 Å². The average Bonchev–Trinajstić information content (AvgIpc) is 2.94. The maximum atomic E-state index is 12.7. The van der Waals surface area contributed by atoms with E-state index >= 15 is 0 Å². The molecule has 1 saturated heterocycles. The molecule has 3 rings (SSSR count). The number of thiophene rings is 1. The van der Waals surface area contributed by atoms with E-state index in [9.17, 15) is 8.42 Å². The largest absolute Gasteiger partial charge is 0.368 e. The van der Waals surface area contributed by atoms with Gasteiger partial charge in [0.25, 0.3) is 10.0 Å². The predicted octanol–water partition coefficient (Wildman–Crippen LogP) is 3.49. The van der Waals surface area contributed by atoms with Crippen molar-refractivity contribution in [3.63, 3.8) is 0 Å². The number of sulfonamides is 1. The van der Waals surface area contributed by atoms with Crippen LogP contribution in [0.2, 0.25) is 0 Å². The molecule has 4 nitrogen and oxygen atoms in total. The zero-order valence-electron chi connectivity index (χ0n) is 14.7. The second-order valence-corrected chi connectivity index (χ2v) is 9.96. The van der Waals surface area contributed by atoms with Gasteiger partial charge in [0.1, 0.15) is 4.21 Å². The van der Waals surface area contributed by atoms with E-state index in [1.54, 1.807) is 10.4 Å². The molecule has 6 heteroatoms. The summed E-state index contributed by atoms with van der Waals surface area (Å²) < 4.78 is 27.6. The third kappa shape index (κ3) is 3.23. The number of aryl methyl sites for hydroxylation is 4. The molecule has 0 radical (unpaired) electrons. The van der Waals surface area contributed by atoms with Crippen molar-refractivity contribution in [3.8, 4) is 0 Å². The Labute approximate surface area is 148 Å². The normalized spacial score (nSPS) is 16.6. The quantitative estimate of drug-likeness (QED) is 0.837. The van der Waals surface area contributed by atoms with E-state index in [0.717, 1.165) is 18.0 Å². The first-order valence-corrected chi connectivity index (χ1v) is 10.4. The summed E-state index contributed by atoms with van der Waals surface area (Å²) >= 11 is 1.35. The van der Waals surface area contributed by atoms with Crippen molar-refractivity contribution < 1.29 is 8.42 Å². The van der Waals surface area contributed by atoms with Gasteiger partial charge in [-0.2, -0.15) is 4.31 Å². The Hall–Kier alpha value is -1.37. The number of benzene rings is 1. The highest BCUT2D eigenvalue weighted by Crippen LogP contribution is 2.29. The van der Waals surface area contributed by atoms with Crippen molar-refractivity contribution >= 4 is 27.0 Å². The SMILES string of the molecule is Cc1cc(C)c(N2CCN(S(=O)(=O)c3ccc(C)s3)CC2)c(C)c1. The Balaban J connectivity index is 1.77. The number of hydrogen-bond donors (Lipinski definition) is 0. The van der Waals surface area contributed by atoms with Crippen molar-refractivity contribution in [2.75, 3.05) is 31.1 Å². The molecule has 1 aromatic heterocycles. The molecule has 0 N–H and O–H groups in total. The molecule has 1 aliphatic rings. The van der Waals surface area contributed by atoms with Crippen molar-refractivity contribution in [1.29, 1.82) is 0 Å². The van der Waals surface area contributed by atoms with Crippen LogP contribution in [0.25, 0.3) is 0 Å². The van der Waals surface area contributed by atoms with Crippen LogP contribution in [0.3, 0.4) is 0 Å². The minimum absolute atomic E-state index is 0.455.